The van der Waals surface area contributed by atoms with Gasteiger partial charge in [0.15, 0.2) is 5.78 Å². The van der Waals surface area contributed by atoms with Crippen LogP contribution in [0.4, 0.5) is 4.39 Å². The second-order valence-electron chi connectivity index (χ2n) is 3.76. The van der Waals surface area contributed by atoms with Crippen molar-refractivity contribution in [2.24, 2.45) is 0 Å². The number of carbonyl (C=O) groups excluding carboxylic acids is 1. The largest absolute Gasteiger partial charge is 0.292 e. The van der Waals surface area contributed by atoms with Gasteiger partial charge in [-0.15, -0.1) is 11.6 Å². The van der Waals surface area contributed by atoms with E-state index >= 15 is 0 Å². The third-order valence-corrected chi connectivity index (χ3v) is 3.86. The maximum Gasteiger partial charge on any atom is 0.186 e. The molecule has 92 valence electrons. The lowest BCUT2D eigenvalue weighted by molar-refractivity contribution is 0.0986. The van der Waals surface area contributed by atoms with Gasteiger partial charge in [0.2, 0.25) is 0 Å². The van der Waals surface area contributed by atoms with Gasteiger partial charge in [0.1, 0.15) is 11.2 Å². The smallest absolute Gasteiger partial charge is 0.186 e. The molecule has 0 bridgehead atoms. The lowest BCUT2D eigenvalue weighted by Crippen LogP contribution is -2.09. The number of hydrogen-bond donors (Lipinski definition) is 0. The highest BCUT2D eigenvalue weighted by molar-refractivity contribution is 14.1. The Kier molecular flexibility index (Phi) is 4.35. The molecule has 0 fully saturated rings. The molecule has 2 aromatic carbocycles. The van der Waals surface area contributed by atoms with Gasteiger partial charge in [-0.2, -0.15) is 0 Å². The van der Waals surface area contributed by atoms with E-state index < -0.39 is 5.38 Å². The highest BCUT2D eigenvalue weighted by atomic mass is 127. The first-order chi connectivity index (χ1) is 8.59. The molecule has 0 aliphatic heterocycles. The molecule has 0 aromatic heterocycles. The fraction of sp³-hybridized carbons (Fsp3) is 0.0714. The third-order valence-electron chi connectivity index (χ3n) is 2.52. The molecular weight excluding hydrogens is 366 g/mol. The topological polar surface area (TPSA) is 17.1 Å². The second-order valence-corrected chi connectivity index (χ2v) is 5.36. The Morgan fingerprint density at radius 3 is 2.44 bits per heavy atom. The zero-order valence-corrected chi connectivity index (χ0v) is 12.2. The van der Waals surface area contributed by atoms with Crippen molar-refractivity contribution >= 4 is 40.0 Å². The Morgan fingerprint density at radius 2 is 1.83 bits per heavy atom. The summed E-state index contributed by atoms with van der Waals surface area (Å²) in [4.78, 5) is 12.2. The molecular formula is C14H9ClFIO. The Balaban J connectivity index is 2.32. The van der Waals surface area contributed by atoms with Crippen LogP contribution in [-0.2, 0) is 0 Å². The third kappa shape index (κ3) is 2.90. The predicted octanol–water partition coefficient (Wildman–Crippen LogP) is 4.59. The van der Waals surface area contributed by atoms with Crippen molar-refractivity contribution in [1.82, 2.24) is 0 Å². The number of hydrogen-bond acceptors (Lipinski definition) is 1. The SMILES string of the molecule is O=C(c1ccc(F)cc1I)C(Cl)c1ccccc1. The maximum atomic E-state index is 13.0. The van der Waals surface area contributed by atoms with Crippen LogP contribution < -0.4 is 0 Å². The standard InChI is InChI=1S/C14H9ClFIO/c15-13(9-4-2-1-3-5-9)14(18)11-7-6-10(16)8-12(11)17/h1-8,13H. The van der Waals surface area contributed by atoms with Crippen LogP contribution in [0, 0.1) is 9.39 Å². The summed E-state index contributed by atoms with van der Waals surface area (Å²) in [7, 11) is 0. The van der Waals surface area contributed by atoms with Crippen LogP contribution in [0.25, 0.3) is 0 Å². The summed E-state index contributed by atoms with van der Waals surface area (Å²) in [6.07, 6.45) is 0. The minimum atomic E-state index is -0.745. The van der Waals surface area contributed by atoms with Crippen LogP contribution in [0.1, 0.15) is 21.3 Å². The highest BCUT2D eigenvalue weighted by Gasteiger charge is 2.21. The summed E-state index contributed by atoms with van der Waals surface area (Å²) in [6.45, 7) is 0. The van der Waals surface area contributed by atoms with Gasteiger partial charge in [0.25, 0.3) is 0 Å². The van der Waals surface area contributed by atoms with Crippen LogP contribution in [0.2, 0.25) is 0 Å². The van der Waals surface area contributed by atoms with Crippen LogP contribution in [-0.4, -0.2) is 5.78 Å². The molecule has 0 radical (unpaired) electrons. The first-order valence-electron chi connectivity index (χ1n) is 5.28. The first kappa shape index (κ1) is 13.5. The molecule has 0 amide bonds. The quantitative estimate of drug-likeness (QED) is 0.436. The molecule has 0 saturated heterocycles. The van der Waals surface area contributed by atoms with Gasteiger partial charge in [0, 0.05) is 9.13 Å². The maximum absolute atomic E-state index is 13.0. The Labute approximate surface area is 123 Å². The van der Waals surface area contributed by atoms with E-state index in [9.17, 15) is 9.18 Å². The lowest BCUT2D eigenvalue weighted by Gasteiger charge is -2.10. The summed E-state index contributed by atoms with van der Waals surface area (Å²) >= 11 is 8.09. The fourth-order valence-corrected chi connectivity index (χ4v) is 2.61. The predicted molar refractivity (Wildman–Crippen MR) is 78.5 cm³/mol. The van der Waals surface area contributed by atoms with E-state index in [2.05, 4.69) is 0 Å². The number of carbonyl (C=O) groups is 1. The zero-order chi connectivity index (χ0) is 13.1. The average Bonchev–Trinajstić information content (AvgIpc) is 2.38. The van der Waals surface area contributed by atoms with Crippen molar-refractivity contribution in [3.05, 3.63) is 69.0 Å². The van der Waals surface area contributed by atoms with Gasteiger partial charge in [-0.3, -0.25) is 4.79 Å². The van der Waals surface area contributed by atoms with Crippen LogP contribution in [0.5, 0.6) is 0 Å². The molecule has 0 heterocycles. The Hall–Kier alpha value is -0.940. The van der Waals surface area contributed by atoms with Gasteiger partial charge in [-0.05, 0) is 46.4 Å². The lowest BCUT2D eigenvalue weighted by atomic mass is 10.0. The number of rotatable bonds is 3. The van der Waals surface area contributed by atoms with E-state index in [1.165, 1.54) is 18.2 Å². The summed E-state index contributed by atoms with van der Waals surface area (Å²) in [5.41, 5.74) is 1.19. The summed E-state index contributed by atoms with van der Waals surface area (Å²) in [5.74, 6) is -0.575. The molecule has 18 heavy (non-hydrogen) atoms. The first-order valence-corrected chi connectivity index (χ1v) is 6.79. The van der Waals surface area contributed by atoms with E-state index in [4.69, 9.17) is 11.6 Å². The van der Waals surface area contributed by atoms with Gasteiger partial charge >= 0.3 is 0 Å². The van der Waals surface area contributed by atoms with E-state index in [0.717, 1.165) is 5.56 Å². The highest BCUT2D eigenvalue weighted by Crippen LogP contribution is 2.27. The zero-order valence-electron chi connectivity index (χ0n) is 9.24. The van der Waals surface area contributed by atoms with E-state index in [0.29, 0.717) is 9.13 Å². The van der Waals surface area contributed by atoms with Crippen molar-refractivity contribution in [3.8, 4) is 0 Å². The van der Waals surface area contributed by atoms with Gasteiger partial charge < -0.3 is 0 Å². The van der Waals surface area contributed by atoms with Crippen molar-refractivity contribution in [2.45, 2.75) is 5.38 Å². The minimum absolute atomic E-state index is 0.215. The number of ketones is 1. The number of halogens is 3. The van der Waals surface area contributed by atoms with Gasteiger partial charge in [-0.25, -0.2) is 4.39 Å². The molecule has 1 atom stereocenters. The summed E-state index contributed by atoms with van der Waals surface area (Å²) in [5, 5.41) is -0.745. The van der Waals surface area contributed by atoms with Crippen LogP contribution >= 0.6 is 34.2 Å². The monoisotopic (exact) mass is 374 g/mol. The van der Waals surface area contributed by atoms with Crippen molar-refractivity contribution < 1.29 is 9.18 Å². The average molecular weight is 375 g/mol. The molecule has 1 unspecified atom stereocenters. The van der Waals surface area contributed by atoms with E-state index in [-0.39, 0.29) is 11.6 Å². The molecule has 0 spiro atoms. The normalized spacial score (nSPS) is 12.2. The Morgan fingerprint density at radius 1 is 1.17 bits per heavy atom. The Bertz CT molecular complexity index is 571. The molecule has 0 aliphatic rings. The molecule has 0 aliphatic carbocycles. The number of alkyl halides is 1. The number of Topliss-reactive ketones (excluding diaryl/α,β-unsaturated/α-hetero) is 1. The van der Waals surface area contributed by atoms with Crippen molar-refractivity contribution in [2.75, 3.05) is 0 Å². The van der Waals surface area contributed by atoms with E-state index in [1.54, 1.807) is 12.1 Å². The summed E-state index contributed by atoms with van der Waals surface area (Å²) < 4.78 is 13.6. The molecule has 1 nitrogen and oxygen atoms in total. The van der Waals surface area contributed by atoms with Crippen molar-refractivity contribution in [3.63, 3.8) is 0 Å². The second kappa shape index (κ2) is 5.80. The van der Waals surface area contributed by atoms with Gasteiger partial charge in [-0.1, -0.05) is 30.3 Å². The van der Waals surface area contributed by atoms with E-state index in [1.807, 2.05) is 40.8 Å². The molecule has 0 saturated carbocycles. The molecule has 2 aromatic rings. The molecule has 0 N–H and O–H groups in total. The molecule has 2 rings (SSSR count). The minimum Gasteiger partial charge on any atom is -0.292 e. The molecule has 4 heteroatoms. The number of benzene rings is 2. The van der Waals surface area contributed by atoms with Gasteiger partial charge in [0.05, 0.1) is 0 Å². The van der Waals surface area contributed by atoms with Crippen LogP contribution in [0.15, 0.2) is 48.5 Å². The van der Waals surface area contributed by atoms with Crippen molar-refractivity contribution in [1.29, 1.82) is 0 Å². The van der Waals surface area contributed by atoms with Crippen LogP contribution in [0.3, 0.4) is 0 Å². The fourth-order valence-electron chi connectivity index (χ4n) is 1.60. The summed E-state index contributed by atoms with van der Waals surface area (Å²) in [6, 6.07) is 13.2.